The molecule has 4 heteroatoms. The first-order valence-corrected chi connectivity index (χ1v) is 7.32. The molecule has 1 N–H and O–H groups in total. The minimum absolute atomic E-state index is 0.256. The van der Waals surface area contributed by atoms with E-state index in [-0.39, 0.29) is 5.91 Å². The lowest BCUT2D eigenvalue weighted by atomic mass is 10.4. The average molecular weight is 241 g/mol. The SMILES string of the molecule is O=C(NCCSCc1ccsc1)C1CC1. The zero-order valence-electron chi connectivity index (χ0n) is 8.57. The Morgan fingerprint density at radius 2 is 2.47 bits per heavy atom. The smallest absolute Gasteiger partial charge is 0.223 e. The molecule has 1 amide bonds. The molecule has 15 heavy (non-hydrogen) atoms. The molecule has 1 saturated carbocycles. The summed E-state index contributed by atoms with van der Waals surface area (Å²) in [5.74, 6) is 2.66. The Bertz CT molecular complexity index is 306. The van der Waals surface area contributed by atoms with Crippen LogP contribution in [0.1, 0.15) is 18.4 Å². The van der Waals surface area contributed by atoms with Gasteiger partial charge in [-0.1, -0.05) is 0 Å². The van der Waals surface area contributed by atoms with Crippen molar-refractivity contribution in [3.63, 3.8) is 0 Å². The summed E-state index contributed by atoms with van der Waals surface area (Å²) in [4.78, 5) is 11.3. The molecule has 0 aromatic carbocycles. The third-order valence-electron chi connectivity index (χ3n) is 2.34. The van der Waals surface area contributed by atoms with Crippen molar-refractivity contribution in [3.05, 3.63) is 22.4 Å². The van der Waals surface area contributed by atoms with E-state index < -0.39 is 0 Å². The fourth-order valence-electron chi connectivity index (χ4n) is 1.30. The summed E-state index contributed by atoms with van der Waals surface area (Å²) in [5, 5.41) is 7.25. The maximum Gasteiger partial charge on any atom is 0.223 e. The number of thioether (sulfide) groups is 1. The second-order valence-corrected chi connectivity index (χ2v) is 5.63. The van der Waals surface area contributed by atoms with E-state index in [9.17, 15) is 4.79 Å². The lowest BCUT2D eigenvalue weighted by molar-refractivity contribution is -0.122. The molecule has 1 heterocycles. The van der Waals surface area contributed by atoms with Crippen LogP contribution < -0.4 is 5.32 Å². The van der Waals surface area contributed by atoms with Gasteiger partial charge in [0.2, 0.25) is 5.91 Å². The van der Waals surface area contributed by atoms with Crippen LogP contribution >= 0.6 is 23.1 Å². The van der Waals surface area contributed by atoms with E-state index >= 15 is 0 Å². The van der Waals surface area contributed by atoms with E-state index in [2.05, 4.69) is 22.1 Å². The van der Waals surface area contributed by atoms with Crippen LogP contribution in [0.5, 0.6) is 0 Å². The van der Waals surface area contributed by atoms with E-state index in [4.69, 9.17) is 0 Å². The van der Waals surface area contributed by atoms with Gasteiger partial charge < -0.3 is 5.32 Å². The summed E-state index contributed by atoms with van der Waals surface area (Å²) in [6.45, 7) is 0.810. The van der Waals surface area contributed by atoms with Crippen molar-refractivity contribution in [3.8, 4) is 0 Å². The molecule has 2 rings (SSSR count). The highest BCUT2D eigenvalue weighted by Crippen LogP contribution is 2.28. The van der Waals surface area contributed by atoms with Crippen molar-refractivity contribution in [2.24, 2.45) is 5.92 Å². The van der Waals surface area contributed by atoms with Gasteiger partial charge in [-0.25, -0.2) is 0 Å². The van der Waals surface area contributed by atoms with Crippen LogP contribution in [0.2, 0.25) is 0 Å². The number of hydrogen-bond donors (Lipinski definition) is 1. The molecule has 1 aromatic heterocycles. The first-order chi connectivity index (χ1) is 7.36. The highest BCUT2D eigenvalue weighted by atomic mass is 32.2. The summed E-state index contributed by atoms with van der Waals surface area (Å²) >= 11 is 3.61. The number of thiophene rings is 1. The van der Waals surface area contributed by atoms with Crippen molar-refractivity contribution in [1.29, 1.82) is 0 Å². The van der Waals surface area contributed by atoms with Crippen LogP contribution in [0.25, 0.3) is 0 Å². The maximum absolute atomic E-state index is 11.3. The minimum atomic E-state index is 0.256. The quantitative estimate of drug-likeness (QED) is 0.775. The normalized spacial score (nSPS) is 15.2. The van der Waals surface area contributed by atoms with Gasteiger partial charge in [0.25, 0.3) is 0 Å². The monoisotopic (exact) mass is 241 g/mol. The standard InChI is InChI=1S/C11H15NOS2/c13-11(10-1-2-10)12-4-6-15-8-9-3-5-14-7-9/h3,5,7,10H,1-2,4,6,8H2,(H,12,13). The van der Waals surface area contributed by atoms with Gasteiger partial charge in [0.05, 0.1) is 0 Å². The van der Waals surface area contributed by atoms with Crippen molar-refractivity contribution in [2.45, 2.75) is 18.6 Å². The number of nitrogens with one attached hydrogen (secondary N) is 1. The van der Waals surface area contributed by atoms with Crippen LogP contribution in [0.3, 0.4) is 0 Å². The van der Waals surface area contributed by atoms with E-state index in [1.165, 1.54) is 5.56 Å². The molecule has 1 aromatic rings. The molecule has 1 aliphatic carbocycles. The van der Waals surface area contributed by atoms with Crippen molar-refractivity contribution in [2.75, 3.05) is 12.3 Å². The average Bonchev–Trinajstić information content (AvgIpc) is 2.97. The predicted octanol–water partition coefficient (Wildman–Crippen LogP) is 2.51. The first kappa shape index (κ1) is 11.0. The Morgan fingerprint density at radius 1 is 1.60 bits per heavy atom. The van der Waals surface area contributed by atoms with Gasteiger partial charge in [-0.05, 0) is 35.2 Å². The fraction of sp³-hybridized carbons (Fsp3) is 0.545. The molecule has 0 atom stereocenters. The number of carbonyl (C=O) groups is 1. The van der Waals surface area contributed by atoms with Crippen LogP contribution in [-0.4, -0.2) is 18.2 Å². The van der Waals surface area contributed by atoms with Crippen molar-refractivity contribution in [1.82, 2.24) is 5.32 Å². The Hall–Kier alpha value is -0.480. The largest absolute Gasteiger partial charge is 0.355 e. The van der Waals surface area contributed by atoms with E-state index in [1.807, 2.05) is 11.8 Å². The van der Waals surface area contributed by atoms with Gasteiger partial charge in [0.1, 0.15) is 0 Å². The molecule has 2 nitrogen and oxygen atoms in total. The topological polar surface area (TPSA) is 29.1 Å². The van der Waals surface area contributed by atoms with Gasteiger partial charge in [-0.2, -0.15) is 23.1 Å². The molecule has 0 bridgehead atoms. The van der Waals surface area contributed by atoms with Crippen LogP contribution in [0.15, 0.2) is 16.8 Å². The number of amides is 1. The van der Waals surface area contributed by atoms with E-state index in [0.29, 0.717) is 5.92 Å². The van der Waals surface area contributed by atoms with Gasteiger partial charge in [-0.15, -0.1) is 0 Å². The molecule has 1 fully saturated rings. The molecule has 0 saturated heterocycles. The third-order valence-corrected chi connectivity index (χ3v) is 4.10. The molecule has 0 unspecified atom stereocenters. The van der Waals surface area contributed by atoms with Crippen LogP contribution in [0.4, 0.5) is 0 Å². The maximum atomic E-state index is 11.3. The zero-order chi connectivity index (χ0) is 10.5. The number of carbonyl (C=O) groups excluding carboxylic acids is 1. The van der Waals surface area contributed by atoms with Crippen LogP contribution in [0, 0.1) is 5.92 Å². The molecule has 82 valence electrons. The molecule has 1 aliphatic rings. The lowest BCUT2D eigenvalue weighted by Gasteiger charge is -2.03. The molecule has 0 aliphatic heterocycles. The summed E-state index contributed by atoms with van der Waals surface area (Å²) in [7, 11) is 0. The third kappa shape index (κ3) is 3.87. The summed E-state index contributed by atoms with van der Waals surface area (Å²) < 4.78 is 0. The lowest BCUT2D eigenvalue weighted by Crippen LogP contribution is -2.26. The summed E-state index contributed by atoms with van der Waals surface area (Å²) in [6.07, 6.45) is 2.18. The van der Waals surface area contributed by atoms with E-state index in [1.54, 1.807) is 11.3 Å². The predicted molar refractivity (Wildman–Crippen MR) is 66.2 cm³/mol. The molecular weight excluding hydrogens is 226 g/mol. The first-order valence-electron chi connectivity index (χ1n) is 5.23. The molecule has 0 radical (unpaired) electrons. The van der Waals surface area contributed by atoms with Crippen molar-refractivity contribution >= 4 is 29.0 Å². The van der Waals surface area contributed by atoms with Gasteiger partial charge in [0, 0.05) is 24.0 Å². The van der Waals surface area contributed by atoms with Gasteiger partial charge in [-0.3, -0.25) is 4.79 Å². The second kappa shape index (κ2) is 5.56. The Labute approximate surface area is 98.5 Å². The minimum Gasteiger partial charge on any atom is -0.355 e. The Kier molecular flexibility index (Phi) is 4.09. The fourth-order valence-corrected chi connectivity index (χ4v) is 2.88. The van der Waals surface area contributed by atoms with Crippen LogP contribution in [-0.2, 0) is 10.5 Å². The second-order valence-electron chi connectivity index (χ2n) is 3.75. The van der Waals surface area contributed by atoms with E-state index in [0.717, 1.165) is 30.9 Å². The number of rotatable bonds is 6. The summed E-state index contributed by atoms with van der Waals surface area (Å²) in [6, 6.07) is 2.15. The Morgan fingerprint density at radius 3 is 3.13 bits per heavy atom. The molecule has 0 spiro atoms. The van der Waals surface area contributed by atoms with Crippen molar-refractivity contribution < 1.29 is 4.79 Å². The highest BCUT2D eigenvalue weighted by molar-refractivity contribution is 7.98. The van der Waals surface area contributed by atoms with Gasteiger partial charge >= 0.3 is 0 Å². The highest BCUT2D eigenvalue weighted by Gasteiger charge is 2.28. The number of hydrogen-bond acceptors (Lipinski definition) is 3. The zero-order valence-corrected chi connectivity index (χ0v) is 10.2. The Balaban J connectivity index is 1.50. The van der Waals surface area contributed by atoms with Gasteiger partial charge in [0.15, 0.2) is 0 Å². The molecular formula is C11H15NOS2. The summed E-state index contributed by atoms with van der Waals surface area (Å²) in [5.41, 5.74) is 1.39.